The second-order valence-electron chi connectivity index (χ2n) is 4.51. The highest BCUT2D eigenvalue weighted by molar-refractivity contribution is 7.12. The van der Waals surface area contributed by atoms with Crippen molar-refractivity contribution in [1.29, 1.82) is 0 Å². The van der Waals surface area contributed by atoms with Gasteiger partial charge in [-0.2, -0.15) is 0 Å². The zero-order chi connectivity index (χ0) is 12.4. The molecule has 1 N–H and O–H groups in total. The van der Waals surface area contributed by atoms with E-state index >= 15 is 0 Å². The molecular formula is C15H18OS. The quantitative estimate of drug-likeness (QED) is 0.869. The maximum absolute atomic E-state index is 10.3. The maximum atomic E-state index is 10.3. The van der Waals surface area contributed by atoms with Crippen LogP contribution in [0.15, 0.2) is 30.3 Å². The molecule has 0 radical (unpaired) electrons. The third-order valence-corrected chi connectivity index (χ3v) is 4.09. The van der Waals surface area contributed by atoms with Gasteiger partial charge in [-0.1, -0.05) is 24.3 Å². The molecule has 2 rings (SSSR count). The van der Waals surface area contributed by atoms with E-state index in [0.717, 1.165) is 5.56 Å². The highest BCUT2D eigenvalue weighted by Crippen LogP contribution is 2.28. The summed E-state index contributed by atoms with van der Waals surface area (Å²) in [7, 11) is 0. The second-order valence-corrected chi connectivity index (χ2v) is 5.98. The smallest absolute Gasteiger partial charge is 0.0841 e. The summed E-state index contributed by atoms with van der Waals surface area (Å²) in [6.07, 6.45) is 0.310. The van der Waals surface area contributed by atoms with Gasteiger partial charge >= 0.3 is 0 Å². The molecule has 0 fully saturated rings. The molecule has 90 valence electrons. The summed E-state index contributed by atoms with van der Waals surface area (Å²) >= 11 is 1.75. The van der Waals surface area contributed by atoms with Crippen LogP contribution in [-0.2, 0) is 6.42 Å². The summed E-state index contributed by atoms with van der Waals surface area (Å²) in [4.78, 5) is 2.49. The number of aliphatic hydroxyl groups excluding tert-OH is 1. The molecule has 0 spiro atoms. The fourth-order valence-electron chi connectivity index (χ4n) is 2.14. The minimum Gasteiger partial charge on any atom is -0.388 e. The first kappa shape index (κ1) is 12.3. The molecule has 1 aromatic carbocycles. The molecule has 0 amide bonds. The molecule has 1 atom stereocenters. The van der Waals surface area contributed by atoms with Crippen molar-refractivity contribution in [3.8, 4) is 0 Å². The molecule has 0 aliphatic rings. The van der Waals surface area contributed by atoms with Crippen LogP contribution in [0.3, 0.4) is 0 Å². The molecular weight excluding hydrogens is 228 g/mol. The van der Waals surface area contributed by atoms with E-state index in [-0.39, 0.29) is 6.10 Å². The average molecular weight is 246 g/mol. The first-order valence-electron chi connectivity index (χ1n) is 5.87. The molecule has 2 heteroatoms. The molecule has 0 aliphatic carbocycles. The van der Waals surface area contributed by atoms with Crippen LogP contribution in [0.1, 0.15) is 32.5 Å². The molecule has 1 aromatic heterocycles. The summed E-state index contributed by atoms with van der Waals surface area (Å²) in [5.74, 6) is 0. The standard InChI is InChI=1S/C15H18OS/c1-10-6-4-5-7-13(10)9-15(16)14-8-11(2)17-12(14)3/h4-8,15-16H,9H2,1-3H3. The van der Waals surface area contributed by atoms with E-state index in [2.05, 4.69) is 39.0 Å². The second kappa shape index (κ2) is 5.03. The Labute approximate surface area is 107 Å². The van der Waals surface area contributed by atoms with Gasteiger partial charge in [-0.15, -0.1) is 11.3 Å². The van der Waals surface area contributed by atoms with Crippen molar-refractivity contribution in [2.75, 3.05) is 0 Å². The minimum atomic E-state index is -0.388. The number of aliphatic hydroxyl groups is 1. The highest BCUT2D eigenvalue weighted by Gasteiger charge is 2.14. The van der Waals surface area contributed by atoms with Gasteiger partial charge in [-0.3, -0.25) is 0 Å². The van der Waals surface area contributed by atoms with Gasteiger partial charge < -0.3 is 5.11 Å². The van der Waals surface area contributed by atoms with Gasteiger partial charge in [0.2, 0.25) is 0 Å². The molecule has 1 heterocycles. The van der Waals surface area contributed by atoms with E-state index in [1.807, 2.05) is 12.1 Å². The zero-order valence-electron chi connectivity index (χ0n) is 10.5. The van der Waals surface area contributed by atoms with E-state index in [9.17, 15) is 5.11 Å². The van der Waals surface area contributed by atoms with Crippen molar-refractivity contribution >= 4 is 11.3 Å². The minimum absolute atomic E-state index is 0.388. The van der Waals surface area contributed by atoms with E-state index in [0.29, 0.717) is 6.42 Å². The van der Waals surface area contributed by atoms with Gasteiger partial charge in [0, 0.05) is 16.2 Å². The molecule has 17 heavy (non-hydrogen) atoms. The van der Waals surface area contributed by atoms with Gasteiger partial charge in [0.05, 0.1) is 6.10 Å². The topological polar surface area (TPSA) is 20.2 Å². The Kier molecular flexibility index (Phi) is 3.65. The number of benzene rings is 1. The molecule has 0 aliphatic heterocycles. The zero-order valence-corrected chi connectivity index (χ0v) is 11.3. The number of thiophene rings is 1. The van der Waals surface area contributed by atoms with Crippen molar-refractivity contribution in [1.82, 2.24) is 0 Å². The lowest BCUT2D eigenvalue weighted by Gasteiger charge is -2.12. The Balaban J connectivity index is 2.20. The Morgan fingerprint density at radius 1 is 1.18 bits per heavy atom. The largest absolute Gasteiger partial charge is 0.388 e. The Morgan fingerprint density at radius 2 is 1.88 bits per heavy atom. The highest BCUT2D eigenvalue weighted by atomic mass is 32.1. The summed E-state index contributed by atoms with van der Waals surface area (Å²) in [5.41, 5.74) is 3.55. The average Bonchev–Trinajstić information content (AvgIpc) is 2.61. The molecule has 0 saturated carbocycles. The SMILES string of the molecule is Cc1cc(C(O)Cc2ccccc2C)c(C)s1. The van der Waals surface area contributed by atoms with Crippen LogP contribution >= 0.6 is 11.3 Å². The van der Waals surface area contributed by atoms with Crippen molar-refractivity contribution in [2.45, 2.75) is 33.3 Å². The van der Waals surface area contributed by atoms with Crippen LogP contribution in [0.4, 0.5) is 0 Å². The van der Waals surface area contributed by atoms with E-state index in [1.54, 1.807) is 11.3 Å². The van der Waals surface area contributed by atoms with Gasteiger partial charge in [-0.05, 0) is 43.5 Å². The predicted octanol–water partition coefficient (Wildman–Crippen LogP) is 3.95. The number of hydrogen-bond acceptors (Lipinski definition) is 2. The Bertz CT molecular complexity index is 513. The van der Waals surface area contributed by atoms with Gasteiger partial charge in [0.15, 0.2) is 0 Å². The monoisotopic (exact) mass is 246 g/mol. The lowest BCUT2D eigenvalue weighted by molar-refractivity contribution is 0.178. The normalized spacial score (nSPS) is 12.7. The Morgan fingerprint density at radius 3 is 2.47 bits per heavy atom. The fraction of sp³-hybridized carbons (Fsp3) is 0.333. The number of rotatable bonds is 3. The summed E-state index contributed by atoms with van der Waals surface area (Å²) in [6, 6.07) is 10.3. The van der Waals surface area contributed by atoms with Crippen LogP contribution in [0.5, 0.6) is 0 Å². The summed E-state index contributed by atoms with van der Waals surface area (Å²) in [6.45, 7) is 6.25. The van der Waals surface area contributed by atoms with Crippen molar-refractivity contribution in [3.63, 3.8) is 0 Å². The van der Waals surface area contributed by atoms with Crippen LogP contribution in [0.25, 0.3) is 0 Å². The maximum Gasteiger partial charge on any atom is 0.0841 e. The number of hydrogen-bond donors (Lipinski definition) is 1. The van der Waals surface area contributed by atoms with Gasteiger partial charge in [0.1, 0.15) is 0 Å². The van der Waals surface area contributed by atoms with Crippen LogP contribution < -0.4 is 0 Å². The van der Waals surface area contributed by atoms with Gasteiger partial charge in [-0.25, -0.2) is 0 Å². The summed E-state index contributed by atoms with van der Waals surface area (Å²) in [5, 5.41) is 10.3. The first-order valence-corrected chi connectivity index (χ1v) is 6.69. The van der Waals surface area contributed by atoms with E-state index in [1.165, 1.54) is 20.9 Å². The lowest BCUT2D eigenvalue weighted by atomic mass is 9.98. The number of aryl methyl sites for hydroxylation is 3. The van der Waals surface area contributed by atoms with Crippen LogP contribution in [-0.4, -0.2) is 5.11 Å². The molecule has 1 nitrogen and oxygen atoms in total. The third-order valence-electron chi connectivity index (χ3n) is 3.11. The van der Waals surface area contributed by atoms with E-state index < -0.39 is 0 Å². The molecule has 0 bridgehead atoms. The van der Waals surface area contributed by atoms with Gasteiger partial charge in [0.25, 0.3) is 0 Å². The van der Waals surface area contributed by atoms with Crippen molar-refractivity contribution in [2.24, 2.45) is 0 Å². The molecule has 0 saturated heterocycles. The summed E-state index contributed by atoms with van der Waals surface area (Å²) < 4.78 is 0. The lowest BCUT2D eigenvalue weighted by Crippen LogP contribution is -2.03. The fourth-order valence-corrected chi connectivity index (χ4v) is 3.12. The molecule has 1 unspecified atom stereocenters. The van der Waals surface area contributed by atoms with Crippen LogP contribution in [0, 0.1) is 20.8 Å². The predicted molar refractivity (Wildman–Crippen MR) is 73.6 cm³/mol. The molecule has 2 aromatic rings. The van der Waals surface area contributed by atoms with Crippen molar-refractivity contribution < 1.29 is 5.11 Å². The first-order chi connectivity index (χ1) is 8.08. The van der Waals surface area contributed by atoms with Crippen LogP contribution in [0.2, 0.25) is 0 Å². The third kappa shape index (κ3) is 2.76. The van der Waals surface area contributed by atoms with E-state index in [4.69, 9.17) is 0 Å². The van der Waals surface area contributed by atoms with Crippen molar-refractivity contribution in [3.05, 3.63) is 56.8 Å². The Hall–Kier alpha value is -1.12.